The van der Waals surface area contributed by atoms with Gasteiger partial charge < -0.3 is 4.90 Å². The fraction of sp³-hybridized carbons (Fsp3) is 1.00. The van der Waals surface area contributed by atoms with Crippen LogP contribution in [0.5, 0.6) is 0 Å². The molecule has 0 aromatic heterocycles. The lowest BCUT2D eigenvalue weighted by molar-refractivity contribution is 0.136. The van der Waals surface area contributed by atoms with Gasteiger partial charge >= 0.3 is 0 Å². The third-order valence-corrected chi connectivity index (χ3v) is 5.12. The van der Waals surface area contributed by atoms with Crippen molar-refractivity contribution >= 4 is 0 Å². The van der Waals surface area contributed by atoms with Crippen LogP contribution in [0.15, 0.2) is 0 Å². The fourth-order valence-electron chi connectivity index (χ4n) is 4.57. The molecule has 0 radical (unpaired) electrons. The monoisotopic (exact) mass is 193 g/mol. The summed E-state index contributed by atoms with van der Waals surface area (Å²) >= 11 is 0. The zero-order valence-corrected chi connectivity index (χ0v) is 9.41. The molecule has 2 saturated carbocycles. The Balaban J connectivity index is 1.83. The molecule has 1 saturated heterocycles. The van der Waals surface area contributed by atoms with Gasteiger partial charge in [0.2, 0.25) is 0 Å². The molecule has 0 aromatic carbocycles. The molecular formula is C13H23N. The molecule has 3 aliphatic rings. The molecule has 1 heteroatoms. The van der Waals surface area contributed by atoms with Crippen LogP contribution < -0.4 is 0 Å². The summed E-state index contributed by atoms with van der Waals surface area (Å²) < 4.78 is 0. The zero-order valence-electron chi connectivity index (χ0n) is 9.41. The summed E-state index contributed by atoms with van der Waals surface area (Å²) in [5.74, 6) is 4.43. The van der Waals surface area contributed by atoms with E-state index in [1.807, 2.05) is 0 Å². The van der Waals surface area contributed by atoms with Crippen LogP contribution in [-0.2, 0) is 0 Å². The second-order valence-electron chi connectivity index (χ2n) is 5.92. The molecule has 2 aliphatic carbocycles. The lowest BCUT2D eigenvalue weighted by Gasteiger charge is -2.36. The number of rotatable bonds is 0. The van der Waals surface area contributed by atoms with E-state index in [1.165, 1.54) is 32.4 Å². The number of likely N-dealkylation sites (tertiary alicyclic amines) is 1. The van der Waals surface area contributed by atoms with E-state index in [0.717, 1.165) is 23.7 Å². The lowest BCUT2D eigenvalue weighted by atomic mass is 9.70. The SMILES string of the molecule is CN1CCC2CCC3CCCC(C1)C32. The number of nitrogens with zero attached hydrogens (tertiary/aromatic N) is 1. The lowest BCUT2D eigenvalue weighted by Crippen LogP contribution is -2.32. The van der Waals surface area contributed by atoms with E-state index in [-0.39, 0.29) is 0 Å². The Labute approximate surface area is 87.9 Å². The van der Waals surface area contributed by atoms with Gasteiger partial charge in [0.05, 0.1) is 0 Å². The van der Waals surface area contributed by atoms with Crippen molar-refractivity contribution in [2.45, 2.75) is 38.5 Å². The summed E-state index contributed by atoms with van der Waals surface area (Å²) in [4.78, 5) is 2.59. The highest BCUT2D eigenvalue weighted by molar-refractivity contribution is 4.94. The molecule has 1 heterocycles. The molecule has 14 heavy (non-hydrogen) atoms. The topological polar surface area (TPSA) is 3.24 Å². The predicted octanol–water partition coefficient (Wildman–Crippen LogP) is 2.76. The molecule has 0 bridgehead atoms. The minimum atomic E-state index is 1.06. The first kappa shape index (κ1) is 9.21. The molecule has 1 aliphatic heterocycles. The number of hydrogen-bond acceptors (Lipinski definition) is 1. The molecule has 80 valence electrons. The average Bonchev–Trinajstić information content (AvgIpc) is 2.51. The van der Waals surface area contributed by atoms with Crippen molar-refractivity contribution in [2.75, 3.05) is 20.1 Å². The first-order valence-electron chi connectivity index (χ1n) is 6.53. The van der Waals surface area contributed by atoms with E-state index in [9.17, 15) is 0 Å². The Kier molecular flexibility index (Phi) is 2.31. The molecule has 3 rings (SSSR count). The van der Waals surface area contributed by atoms with Gasteiger partial charge in [0.25, 0.3) is 0 Å². The predicted molar refractivity (Wildman–Crippen MR) is 59.2 cm³/mol. The van der Waals surface area contributed by atoms with Gasteiger partial charge in [-0.1, -0.05) is 12.8 Å². The van der Waals surface area contributed by atoms with Gasteiger partial charge in [-0.05, 0) is 62.9 Å². The Morgan fingerprint density at radius 3 is 2.43 bits per heavy atom. The first-order valence-corrected chi connectivity index (χ1v) is 6.53. The Bertz CT molecular complexity index is 213. The van der Waals surface area contributed by atoms with Crippen molar-refractivity contribution in [3.63, 3.8) is 0 Å². The molecule has 3 fully saturated rings. The Hall–Kier alpha value is -0.0400. The van der Waals surface area contributed by atoms with E-state index in [1.54, 1.807) is 19.3 Å². The maximum atomic E-state index is 2.59. The van der Waals surface area contributed by atoms with Gasteiger partial charge in [-0.2, -0.15) is 0 Å². The van der Waals surface area contributed by atoms with E-state index >= 15 is 0 Å². The summed E-state index contributed by atoms with van der Waals surface area (Å²) in [6, 6.07) is 0. The van der Waals surface area contributed by atoms with Crippen LogP contribution in [0, 0.1) is 23.7 Å². The van der Waals surface area contributed by atoms with Crippen LogP contribution in [0.3, 0.4) is 0 Å². The summed E-state index contributed by atoms with van der Waals surface area (Å²) in [6.07, 6.45) is 9.22. The molecular weight excluding hydrogens is 170 g/mol. The van der Waals surface area contributed by atoms with E-state index in [0.29, 0.717) is 0 Å². The summed E-state index contributed by atoms with van der Waals surface area (Å²) in [7, 11) is 2.32. The van der Waals surface area contributed by atoms with Crippen LogP contribution in [0.25, 0.3) is 0 Å². The van der Waals surface area contributed by atoms with Crippen LogP contribution in [0.4, 0.5) is 0 Å². The molecule has 0 aromatic rings. The molecule has 0 amide bonds. The van der Waals surface area contributed by atoms with Crippen LogP contribution in [0.2, 0.25) is 0 Å². The third kappa shape index (κ3) is 1.41. The van der Waals surface area contributed by atoms with Gasteiger partial charge in [-0.25, -0.2) is 0 Å². The molecule has 1 nitrogen and oxygen atoms in total. The summed E-state index contributed by atoms with van der Waals surface area (Å²) in [5.41, 5.74) is 0. The van der Waals surface area contributed by atoms with Crippen LogP contribution in [-0.4, -0.2) is 25.0 Å². The molecule has 0 N–H and O–H groups in total. The maximum Gasteiger partial charge on any atom is 0.000946 e. The normalized spacial score (nSPS) is 48.6. The standard InChI is InChI=1S/C13H23N/c1-14-8-7-11-6-5-10-3-2-4-12(9-14)13(10)11/h10-13H,2-9H2,1H3. The van der Waals surface area contributed by atoms with Crippen molar-refractivity contribution in [1.82, 2.24) is 4.90 Å². The van der Waals surface area contributed by atoms with E-state index in [4.69, 9.17) is 0 Å². The van der Waals surface area contributed by atoms with Gasteiger partial charge in [-0.3, -0.25) is 0 Å². The summed E-state index contributed by atoms with van der Waals surface area (Å²) in [5, 5.41) is 0. The van der Waals surface area contributed by atoms with Crippen molar-refractivity contribution in [2.24, 2.45) is 23.7 Å². The van der Waals surface area contributed by atoms with E-state index in [2.05, 4.69) is 11.9 Å². The highest BCUT2D eigenvalue weighted by atomic mass is 15.1. The fourth-order valence-corrected chi connectivity index (χ4v) is 4.57. The van der Waals surface area contributed by atoms with Gasteiger partial charge in [0.15, 0.2) is 0 Å². The highest BCUT2D eigenvalue weighted by Gasteiger charge is 2.44. The van der Waals surface area contributed by atoms with E-state index < -0.39 is 0 Å². The van der Waals surface area contributed by atoms with Crippen molar-refractivity contribution in [1.29, 1.82) is 0 Å². The molecule has 0 spiro atoms. The average molecular weight is 193 g/mol. The second-order valence-corrected chi connectivity index (χ2v) is 5.92. The molecule has 4 atom stereocenters. The number of hydrogen-bond donors (Lipinski definition) is 0. The van der Waals surface area contributed by atoms with Gasteiger partial charge in [0.1, 0.15) is 0 Å². The first-order chi connectivity index (χ1) is 6.84. The molecule has 4 unspecified atom stereocenters. The smallest absolute Gasteiger partial charge is 0.000946 e. The van der Waals surface area contributed by atoms with Crippen molar-refractivity contribution in [3.05, 3.63) is 0 Å². The van der Waals surface area contributed by atoms with Crippen LogP contribution in [0.1, 0.15) is 38.5 Å². The Morgan fingerprint density at radius 2 is 1.57 bits per heavy atom. The maximum absolute atomic E-state index is 2.59. The Morgan fingerprint density at radius 1 is 0.857 bits per heavy atom. The zero-order chi connectivity index (χ0) is 9.54. The van der Waals surface area contributed by atoms with Crippen molar-refractivity contribution in [3.8, 4) is 0 Å². The minimum absolute atomic E-state index is 1.06. The van der Waals surface area contributed by atoms with Crippen molar-refractivity contribution < 1.29 is 0 Å². The minimum Gasteiger partial charge on any atom is -0.306 e. The highest BCUT2D eigenvalue weighted by Crippen LogP contribution is 2.51. The quantitative estimate of drug-likeness (QED) is 0.572. The second kappa shape index (κ2) is 3.52. The van der Waals surface area contributed by atoms with Crippen LogP contribution >= 0.6 is 0 Å². The largest absolute Gasteiger partial charge is 0.306 e. The van der Waals surface area contributed by atoms with Gasteiger partial charge in [0, 0.05) is 6.54 Å². The summed E-state index contributed by atoms with van der Waals surface area (Å²) in [6.45, 7) is 2.77. The third-order valence-electron chi connectivity index (χ3n) is 5.12. The van der Waals surface area contributed by atoms with Gasteiger partial charge in [-0.15, -0.1) is 0 Å².